The normalized spacial score (nSPS) is 15.0. The van der Waals surface area contributed by atoms with Gasteiger partial charge in [-0.2, -0.15) is 5.17 Å². The molecule has 2 rings (SSSR count). The summed E-state index contributed by atoms with van der Waals surface area (Å²) in [5.41, 5.74) is 3.32. The van der Waals surface area contributed by atoms with Gasteiger partial charge in [0.05, 0.1) is 6.20 Å². The predicted octanol–water partition coefficient (Wildman–Crippen LogP) is 1.62. The van der Waals surface area contributed by atoms with Gasteiger partial charge in [-0.3, -0.25) is 10.2 Å². The van der Waals surface area contributed by atoms with E-state index in [1.54, 1.807) is 29.4 Å². The standard InChI is InChI=1S/C8H8ClN3O2/c9-14-8-4-2-1-3-7(8)11-5-6-12(13)10-11/h1-6,10,13H. The predicted molar refractivity (Wildman–Crippen MR) is 51.3 cm³/mol. The molecule has 1 aliphatic rings. The van der Waals surface area contributed by atoms with Crippen molar-refractivity contribution < 1.29 is 9.50 Å². The lowest BCUT2D eigenvalue weighted by Crippen LogP contribution is -2.37. The molecule has 0 spiro atoms. The van der Waals surface area contributed by atoms with Gasteiger partial charge in [0.2, 0.25) is 0 Å². The maximum atomic E-state index is 9.04. The van der Waals surface area contributed by atoms with Crippen LogP contribution in [0.2, 0.25) is 0 Å². The van der Waals surface area contributed by atoms with Crippen molar-refractivity contribution in [1.82, 2.24) is 10.7 Å². The van der Waals surface area contributed by atoms with Crippen LogP contribution in [0, 0.1) is 0 Å². The van der Waals surface area contributed by atoms with Crippen LogP contribution in [0.15, 0.2) is 36.7 Å². The van der Waals surface area contributed by atoms with E-state index in [2.05, 4.69) is 9.82 Å². The third-order valence-electron chi connectivity index (χ3n) is 1.78. The van der Waals surface area contributed by atoms with Gasteiger partial charge >= 0.3 is 0 Å². The van der Waals surface area contributed by atoms with Crippen LogP contribution in [0.3, 0.4) is 0 Å². The number of hydrazine groups is 2. The molecule has 0 fully saturated rings. The maximum absolute atomic E-state index is 9.04. The Morgan fingerprint density at radius 1 is 1.29 bits per heavy atom. The molecule has 5 nitrogen and oxygen atoms in total. The van der Waals surface area contributed by atoms with Crippen LogP contribution < -0.4 is 14.8 Å². The summed E-state index contributed by atoms with van der Waals surface area (Å²) >= 11 is 5.29. The molecule has 0 bridgehead atoms. The highest BCUT2D eigenvalue weighted by atomic mass is 35.5. The second kappa shape index (κ2) is 3.75. The van der Waals surface area contributed by atoms with E-state index in [1.165, 1.54) is 6.20 Å². The van der Waals surface area contributed by atoms with E-state index in [0.717, 1.165) is 5.17 Å². The highest BCUT2D eigenvalue weighted by Crippen LogP contribution is 2.28. The number of nitrogens with zero attached hydrogens (tertiary/aromatic N) is 2. The van der Waals surface area contributed by atoms with Gasteiger partial charge in [0.1, 0.15) is 17.6 Å². The number of nitrogens with one attached hydrogen (secondary N) is 1. The molecule has 1 aromatic rings. The molecule has 1 aromatic carbocycles. The van der Waals surface area contributed by atoms with Gasteiger partial charge in [0.15, 0.2) is 5.75 Å². The summed E-state index contributed by atoms with van der Waals surface area (Å²) in [5, 5.41) is 11.4. The van der Waals surface area contributed by atoms with Gasteiger partial charge in [-0.05, 0) is 12.1 Å². The molecule has 0 atom stereocenters. The fraction of sp³-hybridized carbons (Fsp3) is 0. The first-order valence-electron chi connectivity index (χ1n) is 3.91. The second-order valence-electron chi connectivity index (χ2n) is 2.66. The Morgan fingerprint density at radius 3 is 2.71 bits per heavy atom. The molecule has 0 aromatic heterocycles. The summed E-state index contributed by atoms with van der Waals surface area (Å²) < 4.78 is 4.65. The summed E-state index contributed by atoms with van der Waals surface area (Å²) in [4.78, 5) is 0. The molecule has 74 valence electrons. The van der Waals surface area contributed by atoms with Crippen LogP contribution in [0.1, 0.15) is 0 Å². The van der Waals surface area contributed by atoms with E-state index < -0.39 is 0 Å². The molecule has 0 radical (unpaired) electrons. The Kier molecular flexibility index (Phi) is 2.45. The van der Waals surface area contributed by atoms with E-state index in [0.29, 0.717) is 11.4 Å². The average molecular weight is 214 g/mol. The highest BCUT2D eigenvalue weighted by Gasteiger charge is 2.15. The largest absolute Gasteiger partial charge is 0.383 e. The molecule has 1 aliphatic heterocycles. The Labute approximate surface area is 85.8 Å². The zero-order valence-corrected chi connectivity index (χ0v) is 7.85. The minimum atomic E-state index is 0.501. The summed E-state index contributed by atoms with van der Waals surface area (Å²) in [6.45, 7) is 0. The van der Waals surface area contributed by atoms with Gasteiger partial charge in [0, 0.05) is 6.20 Å². The van der Waals surface area contributed by atoms with Crippen molar-refractivity contribution in [3.05, 3.63) is 36.7 Å². The topological polar surface area (TPSA) is 48.0 Å². The lowest BCUT2D eigenvalue weighted by Gasteiger charge is -2.19. The van der Waals surface area contributed by atoms with E-state index in [4.69, 9.17) is 17.1 Å². The van der Waals surface area contributed by atoms with Crippen molar-refractivity contribution in [3.63, 3.8) is 0 Å². The number of benzene rings is 1. The van der Waals surface area contributed by atoms with Gasteiger partial charge < -0.3 is 4.29 Å². The fourth-order valence-corrected chi connectivity index (χ4v) is 1.29. The third kappa shape index (κ3) is 1.60. The Morgan fingerprint density at radius 2 is 2.07 bits per heavy atom. The molecule has 0 aliphatic carbocycles. The minimum Gasteiger partial charge on any atom is -0.383 e. The van der Waals surface area contributed by atoms with E-state index in [9.17, 15) is 0 Å². The molecule has 14 heavy (non-hydrogen) atoms. The lowest BCUT2D eigenvalue weighted by molar-refractivity contribution is -0.0792. The van der Waals surface area contributed by atoms with Gasteiger partial charge in [-0.1, -0.05) is 12.1 Å². The van der Waals surface area contributed by atoms with Crippen molar-refractivity contribution in [2.24, 2.45) is 0 Å². The second-order valence-corrected chi connectivity index (χ2v) is 2.81. The lowest BCUT2D eigenvalue weighted by atomic mass is 10.3. The average Bonchev–Trinajstić information content (AvgIpc) is 2.65. The Bertz CT molecular complexity index is 358. The van der Waals surface area contributed by atoms with E-state index >= 15 is 0 Å². The first-order chi connectivity index (χ1) is 6.81. The van der Waals surface area contributed by atoms with Crippen molar-refractivity contribution in [2.45, 2.75) is 0 Å². The first kappa shape index (κ1) is 9.14. The minimum absolute atomic E-state index is 0.501. The quantitative estimate of drug-likeness (QED) is 0.782. The number of halogens is 1. The zero-order chi connectivity index (χ0) is 9.97. The van der Waals surface area contributed by atoms with Gasteiger partial charge in [-0.25, -0.2) is 0 Å². The van der Waals surface area contributed by atoms with Crippen molar-refractivity contribution in [3.8, 4) is 5.75 Å². The molecule has 0 amide bonds. The van der Waals surface area contributed by atoms with Crippen LogP contribution in [0.25, 0.3) is 0 Å². The molecule has 0 saturated heterocycles. The van der Waals surface area contributed by atoms with Crippen LogP contribution in [-0.4, -0.2) is 10.4 Å². The maximum Gasteiger partial charge on any atom is 0.171 e. The Balaban J connectivity index is 2.28. The van der Waals surface area contributed by atoms with Crippen LogP contribution >= 0.6 is 11.9 Å². The number of para-hydroxylation sites is 2. The molecule has 6 heteroatoms. The molecule has 0 saturated carbocycles. The number of rotatable bonds is 2. The van der Waals surface area contributed by atoms with Crippen molar-refractivity contribution >= 4 is 17.6 Å². The fourth-order valence-electron chi connectivity index (χ4n) is 1.16. The number of hydrogen-bond donors (Lipinski definition) is 2. The smallest absolute Gasteiger partial charge is 0.171 e. The van der Waals surface area contributed by atoms with Gasteiger partial charge in [0.25, 0.3) is 0 Å². The van der Waals surface area contributed by atoms with E-state index in [-0.39, 0.29) is 0 Å². The zero-order valence-electron chi connectivity index (χ0n) is 7.09. The van der Waals surface area contributed by atoms with E-state index in [1.807, 2.05) is 6.07 Å². The van der Waals surface area contributed by atoms with Crippen LogP contribution in [-0.2, 0) is 0 Å². The number of hydrogen-bond acceptors (Lipinski definition) is 5. The SMILES string of the molecule is ON1C=CN(c2ccccc2OCl)N1. The summed E-state index contributed by atoms with van der Waals surface area (Å²) in [5.74, 6) is 0.501. The Hall–Kier alpha value is -1.43. The van der Waals surface area contributed by atoms with Gasteiger partial charge in [-0.15, -0.1) is 5.53 Å². The molecule has 2 N–H and O–H groups in total. The monoisotopic (exact) mass is 213 g/mol. The van der Waals surface area contributed by atoms with Crippen LogP contribution in [0.5, 0.6) is 5.75 Å². The molecular formula is C8H8ClN3O2. The summed E-state index contributed by atoms with van der Waals surface area (Å²) in [6.07, 6.45) is 3.08. The van der Waals surface area contributed by atoms with Crippen molar-refractivity contribution in [1.29, 1.82) is 0 Å². The molecule has 0 unspecified atom stereocenters. The summed E-state index contributed by atoms with van der Waals surface area (Å²) in [7, 11) is 0. The number of anilines is 1. The molecule has 1 heterocycles. The summed E-state index contributed by atoms with van der Waals surface area (Å²) in [6, 6.07) is 7.16. The number of hydroxylamine groups is 1. The third-order valence-corrected chi connectivity index (χ3v) is 1.94. The highest BCUT2D eigenvalue weighted by molar-refractivity contribution is 6.09. The first-order valence-corrected chi connectivity index (χ1v) is 4.21. The van der Waals surface area contributed by atoms with Crippen molar-refractivity contribution in [2.75, 3.05) is 5.01 Å². The molecular weight excluding hydrogens is 206 g/mol. The van der Waals surface area contributed by atoms with Crippen LogP contribution in [0.4, 0.5) is 5.69 Å².